The van der Waals surface area contributed by atoms with Crippen molar-refractivity contribution in [2.45, 2.75) is 26.3 Å². The fraction of sp³-hybridized carbons (Fsp3) is 0.500. The molecule has 1 aliphatic heterocycles. The van der Waals surface area contributed by atoms with Crippen LogP contribution in [0.25, 0.3) is 0 Å². The van der Waals surface area contributed by atoms with Crippen molar-refractivity contribution in [2.75, 3.05) is 13.1 Å². The van der Waals surface area contributed by atoms with Crippen molar-refractivity contribution in [3.05, 3.63) is 39.9 Å². The summed E-state index contributed by atoms with van der Waals surface area (Å²) in [5, 5.41) is 10.7. The smallest absolute Gasteiger partial charge is 0.269 e. The van der Waals surface area contributed by atoms with Crippen LogP contribution in [0.5, 0.6) is 0 Å². The third-order valence-corrected chi connectivity index (χ3v) is 3.53. The van der Waals surface area contributed by atoms with E-state index in [2.05, 4.69) is 16.8 Å². The highest BCUT2D eigenvalue weighted by Gasteiger charge is 2.17. The van der Waals surface area contributed by atoms with E-state index in [-0.39, 0.29) is 5.69 Å². The van der Waals surface area contributed by atoms with Gasteiger partial charge < -0.3 is 10.6 Å². The van der Waals surface area contributed by atoms with Gasteiger partial charge in [-0.3, -0.25) is 10.1 Å². The van der Waals surface area contributed by atoms with Crippen LogP contribution in [0.1, 0.15) is 25.3 Å². The summed E-state index contributed by atoms with van der Waals surface area (Å²) in [6.45, 7) is 4.46. The minimum absolute atomic E-state index is 0.0860. The van der Waals surface area contributed by atoms with Crippen molar-refractivity contribution in [1.29, 1.82) is 0 Å². The maximum Gasteiger partial charge on any atom is 0.269 e. The number of likely N-dealkylation sites (tertiary alicyclic amines) is 1. The lowest BCUT2D eigenvalue weighted by Crippen LogP contribution is -2.43. The first-order chi connectivity index (χ1) is 9.56. The molecule has 1 atom stereocenters. The molecule has 1 unspecified atom stereocenters. The maximum atomic E-state index is 10.7. The molecular weight excluding hydrogens is 256 g/mol. The quantitative estimate of drug-likeness (QED) is 0.397. The number of aliphatic imine (C=N–C) groups is 1. The van der Waals surface area contributed by atoms with Crippen molar-refractivity contribution < 1.29 is 4.92 Å². The Morgan fingerprint density at radius 3 is 3.10 bits per heavy atom. The van der Waals surface area contributed by atoms with Crippen LogP contribution in [0.2, 0.25) is 0 Å². The van der Waals surface area contributed by atoms with Gasteiger partial charge in [-0.05, 0) is 24.3 Å². The standard InChI is InChI=1S/C14H20N4O2/c1-11-4-3-7-17(10-11)14(15)16-9-12-5-2-6-13(8-12)18(19)20/h2,5-6,8,11H,3-4,7,9-10H2,1H3,(H2,15,16). The van der Waals surface area contributed by atoms with Crippen molar-refractivity contribution >= 4 is 11.6 Å². The lowest BCUT2D eigenvalue weighted by atomic mass is 10.0. The number of nitro groups is 1. The minimum Gasteiger partial charge on any atom is -0.370 e. The summed E-state index contributed by atoms with van der Waals surface area (Å²) >= 11 is 0. The largest absolute Gasteiger partial charge is 0.370 e. The SMILES string of the molecule is CC1CCCN(C(N)=NCc2cccc([N+](=O)[O-])c2)C1. The van der Waals surface area contributed by atoms with Crippen molar-refractivity contribution in [1.82, 2.24) is 4.90 Å². The average molecular weight is 276 g/mol. The first-order valence-electron chi connectivity index (χ1n) is 6.84. The molecule has 0 amide bonds. The van der Waals surface area contributed by atoms with Gasteiger partial charge >= 0.3 is 0 Å². The number of guanidine groups is 1. The summed E-state index contributed by atoms with van der Waals surface area (Å²) in [5.74, 6) is 1.17. The maximum absolute atomic E-state index is 10.7. The molecule has 2 N–H and O–H groups in total. The Kier molecular flexibility index (Phi) is 4.55. The van der Waals surface area contributed by atoms with Crippen LogP contribution < -0.4 is 5.73 Å². The second kappa shape index (κ2) is 6.36. The number of nitrogens with zero attached hydrogens (tertiary/aromatic N) is 3. The number of hydrogen-bond donors (Lipinski definition) is 1. The second-order valence-corrected chi connectivity index (χ2v) is 5.29. The third-order valence-electron chi connectivity index (χ3n) is 3.53. The summed E-state index contributed by atoms with van der Waals surface area (Å²) in [6, 6.07) is 6.50. The molecule has 1 saturated heterocycles. The Hall–Kier alpha value is -2.11. The number of benzene rings is 1. The fourth-order valence-corrected chi connectivity index (χ4v) is 2.44. The van der Waals surface area contributed by atoms with Gasteiger partial charge in [0.25, 0.3) is 5.69 Å². The number of piperidine rings is 1. The molecule has 0 spiro atoms. The zero-order valence-electron chi connectivity index (χ0n) is 11.7. The summed E-state index contributed by atoms with van der Waals surface area (Å²) in [6.07, 6.45) is 2.36. The van der Waals surface area contributed by atoms with Gasteiger partial charge in [0.2, 0.25) is 0 Å². The predicted octanol–water partition coefficient (Wildman–Crippen LogP) is 2.14. The first-order valence-corrected chi connectivity index (χ1v) is 6.84. The van der Waals surface area contributed by atoms with Crippen molar-refractivity contribution in [3.8, 4) is 0 Å². The van der Waals surface area contributed by atoms with Crippen LogP contribution in [-0.2, 0) is 6.54 Å². The Morgan fingerprint density at radius 2 is 2.40 bits per heavy atom. The Morgan fingerprint density at radius 1 is 1.60 bits per heavy atom. The molecule has 0 radical (unpaired) electrons. The summed E-state index contributed by atoms with van der Waals surface area (Å²) in [4.78, 5) is 16.8. The number of nitro benzene ring substituents is 1. The first kappa shape index (κ1) is 14.3. The lowest BCUT2D eigenvalue weighted by molar-refractivity contribution is -0.384. The molecule has 1 aromatic rings. The fourth-order valence-electron chi connectivity index (χ4n) is 2.44. The summed E-state index contributed by atoms with van der Waals surface area (Å²) in [7, 11) is 0. The Balaban J connectivity index is 2.01. The second-order valence-electron chi connectivity index (χ2n) is 5.29. The number of non-ortho nitro benzene ring substituents is 1. The van der Waals surface area contributed by atoms with Crippen molar-refractivity contribution in [2.24, 2.45) is 16.6 Å². The van der Waals surface area contributed by atoms with E-state index in [1.807, 2.05) is 6.07 Å². The average Bonchev–Trinajstić information content (AvgIpc) is 2.45. The molecule has 0 aromatic heterocycles. The van der Waals surface area contributed by atoms with E-state index < -0.39 is 4.92 Å². The molecule has 1 aromatic carbocycles. The van der Waals surface area contributed by atoms with Gasteiger partial charge in [-0.25, -0.2) is 4.99 Å². The van der Waals surface area contributed by atoms with Crippen LogP contribution in [0.4, 0.5) is 5.69 Å². The monoisotopic (exact) mass is 276 g/mol. The molecule has 6 nitrogen and oxygen atoms in total. The predicted molar refractivity (Wildman–Crippen MR) is 78.4 cm³/mol. The normalized spacial score (nSPS) is 19.9. The molecule has 6 heteroatoms. The molecule has 0 saturated carbocycles. The van der Waals surface area contributed by atoms with E-state index in [0.29, 0.717) is 18.4 Å². The Bertz CT molecular complexity index is 516. The highest BCUT2D eigenvalue weighted by molar-refractivity contribution is 5.78. The molecule has 0 aliphatic carbocycles. The highest BCUT2D eigenvalue weighted by atomic mass is 16.6. The van der Waals surface area contributed by atoms with Crippen LogP contribution in [0.3, 0.4) is 0 Å². The topological polar surface area (TPSA) is 84.8 Å². The van der Waals surface area contributed by atoms with Gasteiger partial charge in [-0.2, -0.15) is 0 Å². The van der Waals surface area contributed by atoms with Crippen LogP contribution >= 0.6 is 0 Å². The molecule has 20 heavy (non-hydrogen) atoms. The summed E-state index contributed by atoms with van der Waals surface area (Å²) in [5.41, 5.74) is 6.88. The number of rotatable bonds is 3. The molecule has 0 bridgehead atoms. The molecule has 108 valence electrons. The molecule has 1 heterocycles. The van der Waals surface area contributed by atoms with E-state index in [4.69, 9.17) is 5.73 Å². The van der Waals surface area contributed by atoms with Crippen LogP contribution in [0.15, 0.2) is 29.3 Å². The van der Waals surface area contributed by atoms with Crippen molar-refractivity contribution in [3.63, 3.8) is 0 Å². The minimum atomic E-state index is -0.400. The highest BCUT2D eigenvalue weighted by Crippen LogP contribution is 2.16. The van der Waals surface area contributed by atoms with Gasteiger partial charge in [0.1, 0.15) is 0 Å². The van der Waals surface area contributed by atoms with Gasteiger partial charge in [-0.1, -0.05) is 19.1 Å². The summed E-state index contributed by atoms with van der Waals surface area (Å²) < 4.78 is 0. The van der Waals surface area contributed by atoms with E-state index in [9.17, 15) is 10.1 Å². The molecule has 2 rings (SSSR count). The number of nitrogens with two attached hydrogens (primary N) is 1. The Labute approximate surface area is 118 Å². The van der Waals surface area contributed by atoms with Gasteiger partial charge in [0, 0.05) is 25.2 Å². The van der Waals surface area contributed by atoms with E-state index >= 15 is 0 Å². The zero-order valence-corrected chi connectivity index (χ0v) is 11.7. The van der Waals surface area contributed by atoms with E-state index in [1.165, 1.54) is 18.6 Å². The third kappa shape index (κ3) is 3.69. The zero-order chi connectivity index (χ0) is 14.5. The van der Waals surface area contributed by atoms with Gasteiger partial charge in [-0.15, -0.1) is 0 Å². The van der Waals surface area contributed by atoms with Gasteiger partial charge in [0.05, 0.1) is 11.5 Å². The van der Waals surface area contributed by atoms with Gasteiger partial charge in [0.15, 0.2) is 5.96 Å². The van der Waals surface area contributed by atoms with E-state index in [1.54, 1.807) is 6.07 Å². The van der Waals surface area contributed by atoms with E-state index in [0.717, 1.165) is 25.1 Å². The molecule has 1 fully saturated rings. The van der Waals surface area contributed by atoms with Crippen LogP contribution in [0, 0.1) is 16.0 Å². The lowest BCUT2D eigenvalue weighted by Gasteiger charge is -2.31. The molecular formula is C14H20N4O2. The molecule has 1 aliphatic rings. The number of hydrogen-bond acceptors (Lipinski definition) is 3. The van der Waals surface area contributed by atoms with Crippen LogP contribution in [-0.4, -0.2) is 28.9 Å².